The first-order valence-corrected chi connectivity index (χ1v) is 8.82. The Morgan fingerprint density at radius 1 is 1.44 bits per heavy atom. The Balaban J connectivity index is 2.01. The molecule has 0 radical (unpaired) electrons. The highest BCUT2D eigenvalue weighted by Gasteiger charge is 2.36. The minimum Gasteiger partial charge on any atom is -0.391 e. The number of aromatic nitrogens is 1. The lowest BCUT2D eigenvalue weighted by Crippen LogP contribution is -2.45. The summed E-state index contributed by atoms with van der Waals surface area (Å²) in [5.74, 6) is -0.946. The molecule has 7 nitrogen and oxygen atoms in total. The van der Waals surface area contributed by atoms with Gasteiger partial charge < -0.3 is 15.6 Å². The molecular formula is C18H29N3O4. The van der Waals surface area contributed by atoms with E-state index >= 15 is 0 Å². The largest absolute Gasteiger partial charge is 0.391 e. The molecule has 2 rings (SSSR count). The molecule has 1 amide bonds. The minimum atomic E-state index is -0.851. The lowest BCUT2D eigenvalue weighted by Gasteiger charge is -2.37. The fourth-order valence-corrected chi connectivity index (χ4v) is 3.74. The van der Waals surface area contributed by atoms with Crippen molar-refractivity contribution in [1.29, 1.82) is 0 Å². The standard InChI is InChI=1S/C18H29N3O4/c1-11-6-14(7-12(2)25-11)15(18(23)21-24)9-17(22)16(19)8-13-4-3-5-20-10-13/h3-5,10-12,14-17,22,24H,6-9,19H2,1-2H3,(H,21,23). The number of aliphatic hydroxyl groups is 1. The molecule has 1 aliphatic rings. The van der Waals surface area contributed by atoms with Crippen LogP contribution in [-0.2, 0) is 16.0 Å². The summed E-state index contributed by atoms with van der Waals surface area (Å²) in [7, 11) is 0. The van der Waals surface area contributed by atoms with Crippen LogP contribution in [0.2, 0.25) is 0 Å². The Bertz CT molecular complexity index is 532. The lowest BCUT2D eigenvalue weighted by atomic mass is 9.77. The van der Waals surface area contributed by atoms with Crippen LogP contribution in [0.1, 0.15) is 38.7 Å². The second-order valence-corrected chi connectivity index (χ2v) is 7.10. The number of nitrogens with zero attached hydrogens (tertiary/aromatic N) is 1. The van der Waals surface area contributed by atoms with Gasteiger partial charge in [0, 0.05) is 24.4 Å². The smallest absolute Gasteiger partial charge is 0.246 e. The van der Waals surface area contributed by atoms with Gasteiger partial charge in [0.1, 0.15) is 0 Å². The Morgan fingerprint density at radius 3 is 2.68 bits per heavy atom. The second-order valence-electron chi connectivity index (χ2n) is 7.10. The topological polar surface area (TPSA) is 118 Å². The maximum Gasteiger partial charge on any atom is 0.246 e. The molecule has 2 heterocycles. The first-order chi connectivity index (χ1) is 11.9. The van der Waals surface area contributed by atoms with E-state index in [0.717, 1.165) is 5.56 Å². The van der Waals surface area contributed by atoms with Crippen LogP contribution in [-0.4, -0.2) is 45.6 Å². The van der Waals surface area contributed by atoms with E-state index in [1.165, 1.54) is 0 Å². The van der Waals surface area contributed by atoms with Crippen molar-refractivity contribution in [3.8, 4) is 0 Å². The number of amides is 1. The predicted octanol–water partition coefficient (Wildman–Crippen LogP) is 1.03. The van der Waals surface area contributed by atoms with Crippen molar-refractivity contribution in [2.75, 3.05) is 0 Å². The lowest BCUT2D eigenvalue weighted by molar-refractivity contribution is -0.140. The van der Waals surface area contributed by atoms with Crippen LogP contribution in [0.3, 0.4) is 0 Å². The van der Waals surface area contributed by atoms with Gasteiger partial charge in [-0.3, -0.25) is 15.0 Å². The van der Waals surface area contributed by atoms with Gasteiger partial charge in [-0.25, -0.2) is 5.48 Å². The van der Waals surface area contributed by atoms with Crippen molar-refractivity contribution in [2.24, 2.45) is 17.6 Å². The highest BCUT2D eigenvalue weighted by atomic mass is 16.5. The number of pyridine rings is 1. The van der Waals surface area contributed by atoms with Gasteiger partial charge in [-0.2, -0.15) is 0 Å². The zero-order chi connectivity index (χ0) is 18.4. The summed E-state index contributed by atoms with van der Waals surface area (Å²) in [6.07, 6.45) is 4.75. The summed E-state index contributed by atoms with van der Waals surface area (Å²) < 4.78 is 5.72. The maximum atomic E-state index is 12.2. The van der Waals surface area contributed by atoms with Crippen LogP contribution in [0.4, 0.5) is 0 Å². The molecule has 5 atom stereocenters. The molecule has 0 spiro atoms. The molecule has 1 aromatic rings. The first-order valence-electron chi connectivity index (χ1n) is 8.82. The number of hydroxylamine groups is 1. The number of aliphatic hydroxyl groups excluding tert-OH is 1. The number of carbonyl (C=O) groups is 1. The molecular weight excluding hydrogens is 322 g/mol. The van der Waals surface area contributed by atoms with Crippen LogP contribution in [0.5, 0.6) is 0 Å². The average Bonchev–Trinajstić information content (AvgIpc) is 2.58. The van der Waals surface area contributed by atoms with Crippen molar-refractivity contribution in [2.45, 2.75) is 63.9 Å². The predicted molar refractivity (Wildman–Crippen MR) is 92.7 cm³/mol. The molecule has 1 saturated heterocycles. The van der Waals surface area contributed by atoms with Crippen molar-refractivity contribution in [3.63, 3.8) is 0 Å². The molecule has 7 heteroatoms. The molecule has 25 heavy (non-hydrogen) atoms. The second kappa shape index (κ2) is 9.24. The van der Waals surface area contributed by atoms with Crippen LogP contribution in [0.25, 0.3) is 0 Å². The van der Waals surface area contributed by atoms with Crippen LogP contribution in [0, 0.1) is 11.8 Å². The number of nitrogens with one attached hydrogen (secondary N) is 1. The fraction of sp³-hybridized carbons (Fsp3) is 0.667. The molecule has 0 saturated carbocycles. The molecule has 5 N–H and O–H groups in total. The van der Waals surface area contributed by atoms with Gasteiger partial charge in [-0.05, 0) is 57.1 Å². The highest BCUT2D eigenvalue weighted by Crippen LogP contribution is 2.33. The number of carbonyl (C=O) groups excluding carboxylic acids is 1. The van der Waals surface area contributed by atoms with Gasteiger partial charge >= 0.3 is 0 Å². The summed E-state index contributed by atoms with van der Waals surface area (Å²) in [6.45, 7) is 3.95. The quantitative estimate of drug-likeness (QED) is 0.430. The molecule has 1 aliphatic heterocycles. The van der Waals surface area contributed by atoms with E-state index in [4.69, 9.17) is 15.7 Å². The molecule has 5 unspecified atom stereocenters. The summed E-state index contributed by atoms with van der Waals surface area (Å²) >= 11 is 0. The zero-order valence-corrected chi connectivity index (χ0v) is 14.8. The molecule has 0 aromatic carbocycles. The van der Waals surface area contributed by atoms with Gasteiger partial charge in [-0.15, -0.1) is 0 Å². The van der Waals surface area contributed by atoms with E-state index in [1.807, 2.05) is 26.0 Å². The van der Waals surface area contributed by atoms with Gasteiger partial charge in [0.15, 0.2) is 0 Å². The molecule has 0 aliphatic carbocycles. The van der Waals surface area contributed by atoms with Crippen LogP contribution >= 0.6 is 0 Å². The summed E-state index contributed by atoms with van der Waals surface area (Å²) in [4.78, 5) is 16.2. The van der Waals surface area contributed by atoms with Crippen LogP contribution < -0.4 is 11.2 Å². The van der Waals surface area contributed by atoms with Gasteiger partial charge in [0.2, 0.25) is 5.91 Å². The van der Waals surface area contributed by atoms with E-state index in [9.17, 15) is 9.90 Å². The first kappa shape index (κ1) is 19.8. The number of nitrogens with two attached hydrogens (primary N) is 1. The molecule has 0 bridgehead atoms. The van der Waals surface area contributed by atoms with Crippen molar-refractivity contribution in [1.82, 2.24) is 10.5 Å². The monoisotopic (exact) mass is 351 g/mol. The van der Waals surface area contributed by atoms with Crippen molar-refractivity contribution < 1.29 is 19.8 Å². The summed E-state index contributed by atoms with van der Waals surface area (Å²) in [6, 6.07) is 3.22. The third-order valence-corrected chi connectivity index (χ3v) is 4.93. The molecule has 140 valence electrons. The van der Waals surface area contributed by atoms with E-state index in [1.54, 1.807) is 17.9 Å². The number of hydrogen-bond donors (Lipinski definition) is 4. The number of ether oxygens (including phenoxy) is 1. The Labute approximate surface area is 148 Å². The third-order valence-electron chi connectivity index (χ3n) is 4.93. The van der Waals surface area contributed by atoms with E-state index in [2.05, 4.69) is 4.98 Å². The van der Waals surface area contributed by atoms with Gasteiger partial charge in [-0.1, -0.05) is 6.07 Å². The summed E-state index contributed by atoms with van der Waals surface area (Å²) in [5.41, 5.74) is 8.81. The van der Waals surface area contributed by atoms with E-state index in [0.29, 0.717) is 19.3 Å². The third kappa shape index (κ3) is 5.74. The zero-order valence-electron chi connectivity index (χ0n) is 14.8. The van der Waals surface area contributed by atoms with Crippen LogP contribution in [0.15, 0.2) is 24.5 Å². The summed E-state index contributed by atoms with van der Waals surface area (Å²) in [5, 5.41) is 19.6. The Hall–Kier alpha value is -1.54. The van der Waals surface area contributed by atoms with E-state index < -0.39 is 24.0 Å². The molecule has 1 aromatic heterocycles. The fourth-order valence-electron chi connectivity index (χ4n) is 3.74. The van der Waals surface area contributed by atoms with Crippen molar-refractivity contribution in [3.05, 3.63) is 30.1 Å². The van der Waals surface area contributed by atoms with Crippen molar-refractivity contribution >= 4 is 5.91 Å². The van der Waals surface area contributed by atoms with Gasteiger partial charge in [0.25, 0.3) is 0 Å². The number of rotatable bonds is 7. The highest BCUT2D eigenvalue weighted by molar-refractivity contribution is 5.77. The normalized spacial score (nSPS) is 27.3. The Kier molecular flexibility index (Phi) is 7.31. The number of hydrogen-bond acceptors (Lipinski definition) is 6. The average molecular weight is 351 g/mol. The maximum absolute atomic E-state index is 12.2. The SMILES string of the molecule is CC1CC(C(CC(O)C(N)Cc2cccnc2)C(=O)NO)CC(C)O1. The van der Waals surface area contributed by atoms with Gasteiger partial charge in [0.05, 0.1) is 18.3 Å². The van der Waals surface area contributed by atoms with E-state index in [-0.39, 0.29) is 24.5 Å². The minimum absolute atomic E-state index is 0.0335. The Morgan fingerprint density at radius 2 is 2.12 bits per heavy atom. The molecule has 1 fully saturated rings.